The topological polar surface area (TPSA) is 81.7 Å². The summed E-state index contributed by atoms with van der Waals surface area (Å²) < 4.78 is 27.7. The van der Waals surface area contributed by atoms with Gasteiger partial charge in [0.05, 0.1) is 23.6 Å². The third-order valence-electron chi connectivity index (χ3n) is 8.17. The van der Waals surface area contributed by atoms with Crippen molar-refractivity contribution in [1.29, 1.82) is 0 Å². The number of anilines is 1. The van der Waals surface area contributed by atoms with Gasteiger partial charge in [0.25, 0.3) is 0 Å². The number of aromatic nitrogens is 2. The lowest BCUT2D eigenvalue weighted by atomic mass is 9.91. The van der Waals surface area contributed by atoms with E-state index in [-0.39, 0.29) is 61.7 Å². The molecule has 1 aromatic carbocycles. The van der Waals surface area contributed by atoms with Crippen LogP contribution in [0.2, 0.25) is 0 Å². The van der Waals surface area contributed by atoms with E-state index in [9.17, 15) is 18.4 Å². The molecule has 0 unspecified atom stereocenters. The zero-order valence-electron chi connectivity index (χ0n) is 24.0. The molecule has 2 atom stereocenters. The smallest absolute Gasteiger partial charge is 0.249 e. The zero-order chi connectivity index (χ0) is 28.1. The molecule has 1 saturated heterocycles. The van der Waals surface area contributed by atoms with Crippen LogP contribution in [0.1, 0.15) is 51.6 Å². The van der Waals surface area contributed by atoms with Gasteiger partial charge in [0.1, 0.15) is 11.6 Å². The number of piperazine rings is 1. The average molecular weight is 612 g/mol. The second-order valence-corrected chi connectivity index (χ2v) is 11.8. The Morgan fingerprint density at radius 3 is 2.54 bits per heavy atom. The van der Waals surface area contributed by atoms with Crippen molar-refractivity contribution in [3.05, 3.63) is 64.0 Å². The minimum Gasteiger partial charge on any atom is -0.333 e. The molecule has 2 aromatic rings. The summed E-state index contributed by atoms with van der Waals surface area (Å²) >= 11 is 0. The van der Waals surface area contributed by atoms with Crippen LogP contribution in [0.5, 0.6) is 0 Å². The summed E-state index contributed by atoms with van der Waals surface area (Å²) in [6.07, 6.45) is 0.142. The van der Waals surface area contributed by atoms with Gasteiger partial charge in [-0.1, -0.05) is 19.9 Å². The SMILES string of the molecule is CC1=C(C)C(=O)N(C[C@H]2CN[C@H](C)CN2CC(=O)N2CC(C)(C)c3nnc(Cc4ccc(F)cc4F)cc32)C1.Cl.Cl. The van der Waals surface area contributed by atoms with E-state index < -0.39 is 17.0 Å². The third kappa shape index (κ3) is 6.71. The van der Waals surface area contributed by atoms with Gasteiger partial charge in [0.15, 0.2) is 0 Å². The Bertz CT molecular complexity index is 1350. The van der Waals surface area contributed by atoms with Gasteiger partial charge in [0, 0.05) is 68.3 Å². The number of fused-ring (bicyclic) bond motifs is 1. The van der Waals surface area contributed by atoms with Crippen LogP contribution in [0.3, 0.4) is 0 Å². The number of halogens is 4. The first kappa shape index (κ1) is 32.8. The third-order valence-corrected chi connectivity index (χ3v) is 8.17. The van der Waals surface area contributed by atoms with Crippen molar-refractivity contribution >= 4 is 42.3 Å². The van der Waals surface area contributed by atoms with E-state index in [4.69, 9.17) is 0 Å². The Hall–Kier alpha value is -2.66. The average Bonchev–Trinajstić information content (AvgIpc) is 3.28. The Balaban J connectivity index is 0.00000231. The molecular weight excluding hydrogens is 573 g/mol. The van der Waals surface area contributed by atoms with Crippen LogP contribution in [0.15, 0.2) is 35.4 Å². The lowest BCUT2D eigenvalue weighted by Gasteiger charge is -2.41. The summed E-state index contributed by atoms with van der Waals surface area (Å²) in [5.74, 6) is -1.25. The summed E-state index contributed by atoms with van der Waals surface area (Å²) in [5, 5.41) is 12.2. The monoisotopic (exact) mass is 610 g/mol. The molecule has 5 rings (SSSR count). The van der Waals surface area contributed by atoms with E-state index in [0.717, 1.165) is 22.9 Å². The fourth-order valence-electron chi connectivity index (χ4n) is 5.80. The van der Waals surface area contributed by atoms with Crippen molar-refractivity contribution in [1.82, 2.24) is 25.3 Å². The molecule has 0 saturated carbocycles. The molecule has 1 N–H and O–H groups in total. The van der Waals surface area contributed by atoms with Gasteiger partial charge in [0.2, 0.25) is 11.8 Å². The predicted octanol–water partition coefficient (Wildman–Crippen LogP) is 3.65. The number of carbonyl (C=O) groups excluding carboxylic acids is 2. The highest BCUT2D eigenvalue weighted by atomic mass is 35.5. The fourth-order valence-corrected chi connectivity index (χ4v) is 5.80. The van der Waals surface area contributed by atoms with Crippen molar-refractivity contribution in [2.24, 2.45) is 0 Å². The van der Waals surface area contributed by atoms with Crippen molar-refractivity contribution in [2.75, 3.05) is 44.2 Å². The van der Waals surface area contributed by atoms with Crippen LogP contribution in [0, 0.1) is 11.6 Å². The summed E-state index contributed by atoms with van der Waals surface area (Å²) in [4.78, 5) is 32.3. The van der Waals surface area contributed by atoms with Gasteiger partial charge >= 0.3 is 0 Å². The van der Waals surface area contributed by atoms with Gasteiger partial charge in [-0.2, -0.15) is 10.2 Å². The molecule has 8 nitrogen and oxygen atoms in total. The number of hydrogen-bond donors (Lipinski definition) is 1. The van der Waals surface area contributed by atoms with Crippen LogP contribution in [0.4, 0.5) is 14.5 Å². The predicted molar refractivity (Wildman–Crippen MR) is 159 cm³/mol. The second kappa shape index (κ2) is 12.7. The molecule has 3 aliphatic rings. The number of hydrogen-bond acceptors (Lipinski definition) is 6. The van der Waals surface area contributed by atoms with E-state index in [1.54, 1.807) is 11.0 Å². The van der Waals surface area contributed by atoms with Crippen LogP contribution in [0.25, 0.3) is 0 Å². The van der Waals surface area contributed by atoms with Crippen LogP contribution in [-0.2, 0) is 21.4 Å². The highest BCUT2D eigenvalue weighted by Gasteiger charge is 2.41. The highest BCUT2D eigenvalue weighted by molar-refractivity contribution is 5.97. The van der Waals surface area contributed by atoms with Gasteiger partial charge in [-0.15, -0.1) is 24.8 Å². The van der Waals surface area contributed by atoms with Gasteiger partial charge in [-0.25, -0.2) is 8.78 Å². The van der Waals surface area contributed by atoms with Crippen LogP contribution >= 0.6 is 24.8 Å². The molecule has 12 heteroatoms. The van der Waals surface area contributed by atoms with E-state index in [0.29, 0.717) is 49.7 Å². The standard InChI is InChI=1S/C29H36F2N6O2.2ClH/c1-17-12-36(28(39)19(17)3)14-23-11-32-18(2)13-35(23)15-26(38)37-16-29(4,5)27-25(37)10-22(33-34-27)8-20-6-7-21(30)9-24(20)31;;/h6-7,9-10,18,23,32H,8,11-16H2,1-5H3;2*1H/t18-,23-;;/m1../s1. The van der Waals surface area contributed by atoms with Crippen LogP contribution in [-0.4, -0.2) is 83.2 Å². The van der Waals surface area contributed by atoms with Gasteiger partial charge in [-0.05, 0) is 44.0 Å². The first-order valence-electron chi connectivity index (χ1n) is 13.5. The maximum atomic E-state index is 14.3. The van der Waals surface area contributed by atoms with E-state index >= 15 is 0 Å². The molecule has 1 aromatic heterocycles. The fraction of sp³-hybridized carbons (Fsp3) is 0.517. The maximum absolute atomic E-state index is 14.3. The lowest BCUT2D eigenvalue weighted by Crippen LogP contribution is -2.61. The first-order valence-corrected chi connectivity index (χ1v) is 13.5. The Morgan fingerprint density at radius 2 is 1.88 bits per heavy atom. The van der Waals surface area contributed by atoms with Crippen molar-refractivity contribution in [3.8, 4) is 0 Å². The molecule has 1 fully saturated rings. The molecule has 2 amide bonds. The van der Waals surface area contributed by atoms with Crippen molar-refractivity contribution in [3.63, 3.8) is 0 Å². The second-order valence-electron chi connectivity index (χ2n) is 11.8. The van der Waals surface area contributed by atoms with E-state index in [1.807, 2.05) is 32.6 Å². The minimum atomic E-state index is -0.637. The summed E-state index contributed by atoms with van der Waals surface area (Å²) in [5.41, 5.74) is 3.74. The van der Waals surface area contributed by atoms with E-state index in [1.165, 1.54) is 12.1 Å². The Kier molecular flexibility index (Phi) is 10.2. The lowest BCUT2D eigenvalue weighted by molar-refractivity contribution is -0.126. The maximum Gasteiger partial charge on any atom is 0.249 e. The Morgan fingerprint density at radius 1 is 1.15 bits per heavy atom. The van der Waals surface area contributed by atoms with Crippen molar-refractivity contribution in [2.45, 2.75) is 58.5 Å². The molecule has 0 aliphatic carbocycles. The molecule has 41 heavy (non-hydrogen) atoms. The molecule has 0 spiro atoms. The number of benzene rings is 1. The molecule has 0 radical (unpaired) electrons. The summed E-state index contributed by atoms with van der Waals surface area (Å²) in [6.45, 7) is 13.2. The first-order chi connectivity index (χ1) is 18.4. The summed E-state index contributed by atoms with van der Waals surface area (Å²) in [6, 6.07) is 5.51. The van der Waals surface area contributed by atoms with Gasteiger partial charge < -0.3 is 15.1 Å². The number of nitrogens with zero attached hydrogens (tertiary/aromatic N) is 5. The summed E-state index contributed by atoms with van der Waals surface area (Å²) in [7, 11) is 0. The molecule has 4 heterocycles. The van der Waals surface area contributed by atoms with Crippen LogP contribution < -0.4 is 10.2 Å². The zero-order valence-corrected chi connectivity index (χ0v) is 25.7. The van der Waals surface area contributed by atoms with Crippen molar-refractivity contribution < 1.29 is 18.4 Å². The number of nitrogens with one attached hydrogen (secondary N) is 1. The molecular formula is C29H38Cl2F2N6O2. The number of carbonyl (C=O) groups is 2. The molecule has 0 bridgehead atoms. The normalized spacial score (nSPS) is 22.0. The molecule has 3 aliphatic heterocycles. The largest absolute Gasteiger partial charge is 0.333 e. The van der Waals surface area contributed by atoms with E-state index in [2.05, 4.69) is 27.3 Å². The highest BCUT2D eigenvalue weighted by Crippen LogP contribution is 2.39. The minimum absolute atomic E-state index is 0. The molecule has 224 valence electrons. The Labute approximate surface area is 252 Å². The number of amides is 2. The quantitative estimate of drug-likeness (QED) is 0.538. The van der Waals surface area contributed by atoms with Gasteiger partial charge in [-0.3, -0.25) is 14.5 Å². The number of rotatable bonds is 6.